The lowest BCUT2D eigenvalue weighted by Crippen LogP contribution is -2.03. The molecule has 1 unspecified atom stereocenters. The van der Waals surface area contributed by atoms with Gasteiger partial charge in [-0.1, -0.05) is 140 Å². The van der Waals surface area contributed by atoms with E-state index in [0.29, 0.717) is 5.92 Å². The molecule has 268 valence electrons. The highest BCUT2D eigenvalue weighted by molar-refractivity contribution is 5.89. The highest BCUT2D eigenvalue weighted by atomic mass is 15.0. The third kappa shape index (κ3) is 10.5. The molecular weight excluding hydrogens is 641 g/mol. The van der Waals surface area contributed by atoms with Crippen LogP contribution in [0.1, 0.15) is 73.5 Å². The second-order valence-corrected chi connectivity index (χ2v) is 13.0. The zero-order chi connectivity index (χ0) is 38.0. The van der Waals surface area contributed by atoms with Gasteiger partial charge in [0.2, 0.25) is 0 Å². The first-order valence-corrected chi connectivity index (χ1v) is 18.5. The lowest BCUT2D eigenvalue weighted by atomic mass is 9.91. The van der Waals surface area contributed by atoms with Gasteiger partial charge in [-0.2, -0.15) is 0 Å². The van der Waals surface area contributed by atoms with Gasteiger partial charge in [0.25, 0.3) is 0 Å². The normalized spacial score (nSPS) is 19.6. The Bertz CT molecular complexity index is 2160. The molecule has 0 fully saturated rings. The third-order valence-corrected chi connectivity index (χ3v) is 9.47. The summed E-state index contributed by atoms with van der Waals surface area (Å²) in [4.78, 5) is 0. The van der Waals surface area contributed by atoms with Gasteiger partial charge in [0, 0.05) is 35.5 Å². The van der Waals surface area contributed by atoms with Crippen LogP contribution in [0, 0.1) is 26.7 Å². The molecule has 1 aliphatic carbocycles. The molecule has 2 heteroatoms. The summed E-state index contributed by atoms with van der Waals surface area (Å²) in [6, 6.07) is 26.1. The molecule has 3 aromatic carbocycles. The monoisotopic (exact) mass is 694 g/mol. The van der Waals surface area contributed by atoms with Gasteiger partial charge in [-0.05, 0) is 122 Å². The van der Waals surface area contributed by atoms with E-state index in [4.69, 9.17) is 0 Å². The summed E-state index contributed by atoms with van der Waals surface area (Å²) in [5.74, 6) is 0.582. The molecule has 1 aromatic heterocycles. The first-order chi connectivity index (χ1) is 25.9. The van der Waals surface area contributed by atoms with Gasteiger partial charge in [0.05, 0.1) is 0 Å². The summed E-state index contributed by atoms with van der Waals surface area (Å²) in [6.07, 6.45) is 43.2. The predicted octanol–water partition coefficient (Wildman–Crippen LogP) is 13.4. The van der Waals surface area contributed by atoms with Crippen molar-refractivity contribution in [2.45, 2.75) is 60.4 Å². The second kappa shape index (κ2) is 20.7. The summed E-state index contributed by atoms with van der Waals surface area (Å²) in [6.45, 7) is 13.8. The van der Waals surface area contributed by atoms with Crippen molar-refractivity contribution in [2.24, 2.45) is 0 Å². The minimum absolute atomic E-state index is 0.582. The van der Waals surface area contributed by atoms with Crippen LogP contribution in [0.5, 0.6) is 0 Å². The van der Waals surface area contributed by atoms with E-state index in [9.17, 15) is 0 Å². The Morgan fingerprint density at radius 3 is 2.23 bits per heavy atom. The molecule has 1 aliphatic heterocycles. The maximum absolute atomic E-state index is 4.00. The Balaban J connectivity index is 0.000000228. The maximum Gasteiger partial charge on any atom is 0.0491 e. The van der Waals surface area contributed by atoms with Crippen molar-refractivity contribution < 1.29 is 0 Å². The van der Waals surface area contributed by atoms with Crippen LogP contribution in [-0.4, -0.2) is 4.57 Å². The fraction of sp³-hybridized carbons (Fsp3) is 0.176. The molecule has 0 amide bonds. The van der Waals surface area contributed by atoms with Crippen LogP contribution < -0.4 is 5.32 Å². The molecule has 1 atom stereocenters. The number of hydrogen-bond donors (Lipinski definition) is 1. The van der Waals surface area contributed by atoms with Crippen LogP contribution in [-0.2, 0) is 6.54 Å². The molecular formula is C51H54N2. The van der Waals surface area contributed by atoms with Crippen molar-refractivity contribution in [1.82, 2.24) is 9.88 Å². The summed E-state index contributed by atoms with van der Waals surface area (Å²) < 4.78 is 2.45. The standard InChI is InChI=1S/C26H27N.C23H25N.C2H2/c1-4-21(22-16-14-19(2)15-17-22)10-8-18-27-24-12-6-5-11-23(24)26-20(3)9-7-13-25(26)27;1-4-20-13-8-6-7-11-16-24-17-15-22(20)18-21(5-2)23-14-10-9-12-19(23)3;1-2/h4-8,10-17,20H,9,18H2,1-3H3;4-18,24H,1-3H3;1-2H/b10-8-,21-4+;7-6-,13-8-,16-11+,17-15+,20-4-,21-5-,22-18-;. The Morgan fingerprint density at radius 1 is 0.774 bits per heavy atom. The lowest BCUT2D eigenvalue weighted by molar-refractivity contribution is 0.754. The number of allylic oxidation sites excluding steroid dienone is 17. The number of aromatic nitrogens is 1. The van der Waals surface area contributed by atoms with E-state index < -0.39 is 0 Å². The summed E-state index contributed by atoms with van der Waals surface area (Å²) in [5, 5.41) is 4.58. The quantitative estimate of drug-likeness (QED) is 0.157. The van der Waals surface area contributed by atoms with Crippen LogP contribution in [0.4, 0.5) is 0 Å². The van der Waals surface area contributed by atoms with Gasteiger partial charge >= 0.3 is 0 Å². The molecule has 0 radical (unpaired) electrons. The fourth-order valence-corrected chi connectivity index (χ4v) is 6.70. The first kappa shape index (κ1) is 39.7. The zero-order valence-electron chi connectivity index (χ0n) is 32.3. The van der Waals surface area contributed by atoms with E-state index in [1.807, 2.05) is 30.6 Å². The molecule has 6 rings (SSSR count). The molecule has 2 aliphatic rings. The van der Waals surface area contributed by atoms with E-state index in [2.05, 4.69) is 204 Å². The topological polar surface area (TPSA) is 17.0 Å². The van der Waals surface area contributed by atoms with E-state index in [0.717, 1.165) is 13.0 Å². The number of aryl methyl sites for hydroxylation is 2. The number of hydrogen-bond acceptors (Lipinski definition) is 1. The van der Waals surface area contributed by atoms with Gasteiger partial charge in [-0.25, -0.2) is 0 Å². The summed E-state index contributed by atoms with van der Waals surface area (Å²) >= 11 is 0. The number of rotatable bonds is 6. The van der Waals surface area contributed by atoms with Crippen LogP contribution >= 0.6 is 0 Å². The molecule has 0 saturated carbocycles. The number of para-hydroxylation sites is 1. The van der Waals surface area contributed by atoms with Crippen molar-refractivity contribution >= 4 is 28.1 Å². The Labute approximate surface area is 319 Å². The highest BCUT2D eigenvalue weighted by Gasteiger charge is 2.21. The van der Waals surface area contributed by atoms with Gasteiger partial charge < -0.3 is 9.88 Å². The smallest absolute Gasteiger partial charge is 0.0491 e. The van der Waals surface area contributed by atoms with Crippen molar-refractivity contribution in [3.8, 4) is 12.8 Å². The first-order valence-electron chi connectivity index (χ1n) is 18.5. The van der Waals surface area contributed by atoms with Crippen LogP contribution in [0.3, 0.4) is 0 Å². The van der Waals surface area contributed by atoms with Gasteiger partial charge in [0.1, 0.15) is 0 Å². The Kier molecular flexibility index (Phi) is 15.5. The predicted molar refractivity (Wildman–Crippen MR) is 234 cm³/mol. The molecule has 0 bridgehead atoms. The highest BCUT2D eigenvalue weighted by Crippen LogP contribution is 2.37. The number of benzene rings is 3. The third-order valence-electron chi connectivity index (χ3n) is 9.47. The van der Waals surface area contributed by atoms with Crippen molar-refractivity contribution in [1.29, 1.82) is 0 Å². The lowest BCUT2D eigenvalue weighted by Gasteiger charge is -2.16. The number of nitrogens with zero attached hydrogens (tertiary/aromatic N) is 1. The summed E-state index contributed by atoms with van der Waals surface area (Å²) in [5.41, 5.74) is 14.2. The molecule has 0 saturated heterocycles. The molecule has 4 aromatic rings. The number of nitrogens with one attached hydrogen (secondary N) is 1. The van der Waals surface area contributed by atoms with Gasteiger partial charge in [-0.3, -0.25) is 0 Å². The van der Waals surface area contributed by atoms with Crippen molar-refractivity contribution in [3.05, 3.63) is 209 Å². The van der Waals surface area contributed by atoms with Crippen LogP contribution in [0.2, 0.25) is 0 Å². The molecule has 53 heavy (non-hydrogen) atoms. The maximum atomic E-state index is 4.00. The van der Waals surface area contributed by atoms with Gasteiger partial charge in [-0.15, -0.1) is 12.8 Å². The minimum Gasteiger partial charge on any atom is -0.368 e. The second-order valence-electron chi connectivity index (χ2n) is 13.0. The fourth-order valence-electron chi connectivity index (χ4n) is 6.70. The van der Waals surface area contributed by atoms with E-state index in [1.54, 1.807) is 0 Å². The molecule has 1 N–H and O–H groups in total. The van der Waals surface area contributed by atoms with Crippen molar-refractivity contribution in [2.75, 3.05) is 0 Å². The summed E-state index contributed by atoms with van der Waals surface area (Å²) in [7, 11) is 0. The largest absolute Gasteiger partial charge is 0.368 e. The number of terminal acetylenes is 1. The van der Waals surface area contributed by atoms with Gasteiger partial charge in [0.15, 0.2) is 0 Å². The molecule has 2 nitrogen and oxygen atoms in total. The van der Waals surface area contributed by atoms with E-state index >= 15 is 0 Å². The van der Waals surface area contributed by atoms with E-state index in [1.165, 1.54) is 66.7 Å². The molecule has 0 spiro atoms. The Morgan fingerprint density at radius 2 is 1.49 bits per heavy atom. The number of fused-ring (bicyclic) bond motifs is 3. The SMILES string of the molecule is C#C.C/C=C(\C=C/Cn1c2c(c3ccccc31)C(C)CC=C2)c1ccc(C)cc1.C/C=C1/C=C\C=C/C=C/N/C=C/C1=C/C(=C/C)c1ccccc1C. The Hall–Kier alpha value is -6.04. The van der Waals surface area contributed by atoms with E-state index in [-0.39, 0.29) is 0 Å². The average Bonchev–Trinajstić information content (AvgIpc) is 3.49. The average molecular weight is 695 g/mol. The van der Waals surface area contributed by atoms with Crippen LogP contribution in [0.15, 0.2) is 175 Å². The van der Waals surface area contributed by atoms with Crippen molar-refractivity contribution in [3.63, 3.8) is 0 Å². The molecule has 2 heterocycles. The minimum atomic E-state index is 0.582. The van der Waals surface area contributed by atoms with Crippen LogP contribution in [0.25, 0.3) is 28.1 Å². The zero-order valence-corrected chi connectivity index (χ0v) is 32.3.